The van der Waals surface area contributed by atoms with Crippen molar-refractivity contribution in [3.05, 3.63) is 18.2 Å². The minimum atomic E-state index is 0.252. The van der Waals surface area contributed by atoms with Gasteiger partial charge in [0.2, 0.25) is 0 Å². The molecular formula is C13H20N4O. The average molecular weight is 248 g/mol. The van der Waals surface area contributed by atoms with Crippen LogP contribution < -0.4 is 11.1 Å². The first kappa shape index (κ1) is 11.7. The third-order valence-corrected chi connectivity index (χ3v) is 3.74. The average Bonchev–Trinajstić information content (AvgIpc) is 2.84. The number of morpholine rings is 1. The van der Waals surface area contributed by atoms with Crippen LogP contribution in [0.5, 0.6) is 0 Å². The molecule has 2 atom stereocenters. The van der Waals surface area contributed by atoms with E-state index in [9.17, 15) is 0 Å². The van der Waals surface area contributed by atoms with Crippen molar-refractivity contribution < 1.29 is 4.74 Å². The molecule has 2 aliphatic heterocycles. The van der Waals surface area contributed by atoms with Crippen LogP contribution in [0.2, 0.25) is 0 Å². The predicted molar refractivity (Wildman–Crippen MR) is 71.5 cm³/mol. The molecule has 5 heteroatoms. The second kappa shape index (κ2) is 5.12. The SMILES string of the molecule is Nc1cccc(NCC2CN3CCCC3CO2)n1. The Hall–Kier alpha value is -1.33. The van der Waals surface area contributed by atoms with Gasteiger partial charge in [0.15, 0.2) is 0 Å². The van der Waals surface area contributed by atoms with E-state index in [1.165, 1.54) is 19.4 Å². The van der Waals surface area contributed by atoms with Gasteiger partial charge in [-0.05, 0) is 31.5 Å². The van der Waals surface area contributed by atoms with E-state index >= 15 is 0 Å². The van der Waals surface area contributed by atoms with Gasteiger partial charge in [0.1, 0.15) is 11.6 Å². The fourth-order valence-corrected chi connectivity index (χ4v) is 2.78. The van der Waals surface area contributed by atoms with E-state index < -0.39 is 0 Å². The molecule has 0 bridgehead atoms. The van der Waals surface area contributed by atoms with Crippen LogP contribution in [-0.2, 0) is 4.74 Å². The molecule has 0 spiro atoms. The van der Waals surface area contributed by atoms with Crippen LogP contribution in [0.4, 0.5) is 11.6 Å². The number of ether oxygens (including phenoxy) is 1. The zero-order chi connectivity index (χ0) is 12.4. The summed E-state index contributed by atoms with van der Waals surface area (Å²) < 4.78 is 5.88. The van der Waals surface area contributed by atoms with Crippen molar-refractivity contribution in [2.45, 2.75) is 25.0 Å². The first-order valence-corrected chi connectivity index (χ1v) is 6.63. The minimum Gasteiger partial charge on any atom is -0.384 e. The van der Waals surface area contributed by atoms with E-state index in [-0.39, 0.29) is 6.10 Å². The second-order valence-corrected chi connectivity index (χ2v) is 5.07. The smallest absolute Gasteiger partial charge is 0.128 e. The van der Waals surface area contributed by atoms with E-state index in [0.29, 0.717) is 11.9 Å². The van der Waals surface area contributed by atoms with Crippen LogP contribution >= 0.6 is 0 Å². The number of nitrogens with one attached hydrogen (secondary N) is 1. The van der Waals surface area contributed by atoms with Crippen molar-refractivity contribution in [1.29, 1.82) is 0 Å². The lowest BCUT2D eigenvalue weighted by molar-refractivity contribution is -0.0416. The summed E-state index contributed by atoms with van der Waals surface area (Å²) in [7, 11) is 0. The number of anilines is 2. The first-order chi connectivity index (χ1) is 8.81. The molecular weight excluding hydrogens is 228 g/mol. The molecule has 3 heterocycles. The van der Waals surface area contributed by atoms with Crippen molar-refractivity contribution in [2.75, 3.05) is 37.3 Å². The van der Waals surface area contributed by atoms with Crippen LogP contribution in [-0.4, -0.2) is 48.3 Å². The second-order valence-electron chi connectivity index (χ2n) is 5.07. The van der Waals surface area contributed by atoms with E-state index in [4.69, 9.17) is 10.5 Å². The molecule has 1 aromatic heterocycles. The summed E-state index contributed by atoms with van der Waals surface area (Å²) in [5.74, 6) is 1.37. The van der Waals surface area contributed by atoms with Crippen LogP contribution in [0.1, 0.15) is 12.8 Å². The van der Waals surface area contributed by atoms with E-state index in [1.54, 1.807) is 6.07 Å². The van der Waals surface area contributed by atoms with Gasteiger partial charge >= 0.3 is 0 Å². The van der Waals surface area contributed by atoms with Gasteiger partial charge in [0.05, 0.1) is 12.7 Å². The first-order valence-electron chi connectivity index (χ1n) is 6.63. The maximum Gasteiger partial charge on any atom is 0.128 e. The number of hydrogen-bond donors (Lipinski definition) is 2. The number of nitrogen functional groups attached to an aromatic ring is 1. The van der Waals surface area contributed by atoms with E-state index in [2.05, 4.69) is 15.2 Å². The van der Waals surface area contributed by atoms with E-state index in [1.807, 2.05) is 12.1 Å². The number of nitrogens with zero attached hydrogens (tertiary/aromatic N) is 2. The van der Waals surface area contributed by atoms with Crippen LogP contribution in [0.15, 0.2) is 18.2 Å². The lowest BCUT2D eigenvalue weighted by Gasteiger charge is -2.35. The van der Waals surface area contributed by atoms with Gasteiger partial charge in [0.25, 0.3) is 0 Å². The quantitative estimate of drug-likeness (QED) is 0.833. The van der Waals surface area contributed by atoms with Gasteiger partial charge in [-0.25, -0.2) is 4.98 Å². The molecule has 0 aliphatic carbocycles. The molecule has 2 fully saturated rings. The normalized spacial score (nSPS) is 28.0. The highest BCUT2D eigenvalue weighted by Gasteiger charge is 2.31. The lowest BCUT2D eigenvalue weighted by Crippen LogP contribution is -2.48. The van der Waals surface area contributed by atoms with E-state index in [0.717, 1.165) is 25.5 Å². The van der Waals surface area contributed by atoms with Crippen molar-refractivity contribution in [3.63, 3.8) is 0 Å². The number of nitrogens with two attached hydrogens (primary N) is 1. The zero-order valence-corrected chi connectivity index (χ0v) is 10.5. The van der Waals surface area contributed by atoms with Gasteiger partial charge in [-0.2, -0.15) is 0 Å². The van der Waals surface area contributed by atoms with Gasteiger partial charge < -0.3 is 15.8 Å². The maximum atomic E-state index is 5.88. The summed E-state index contributed by atoms with van der Waals surface area (Å²) in [5, 5.41) is 3.29. The summed E-state index contributed by atoms with van der Waals surface area (Å²) in [6.45, 7) is 3.91. The summed E-state index contributed by atoms with van der Waals surface area (Å²) in [6.07, 6.45) is 2.85. The molecule has 0 saturated carbocycles. The standard InChI is InChI=1S/C13H20N4O/c14-12-4-1-5-13(16-12)15-7-11-8-17-6-2-3-10(17)9-18-11/h1,4-5,10-11H,2-3,6-9H2,(H3,14,15,16). The Bertz CT molecular complexity index is 412. The van der Waals surface area contributed by atoms with Crippen LogP contribution in [0.25, 0.3) is 0 Å². The molecule has 1 aromatic rings. The molecule has 18 heavy (non-hydrogen) atoms. The van der Waals surface area contributed by atoms with Gasteiger partial charge in [-0.3, -0.25) is 4.90 Å². The maximum absolute atomic E-state index is 5.88. The van der Waals surface area contributed by atoms with Crippen molar-refractivity contribution in [2.24, 2.45) is 0 Å². The Morgan fingerprint density at radius 2 is 2.44 bits per heavy atom. The summed E-state index contributed by atoms with van der Waals surface area (Å²) in [4.78, 5) is 6.77. The predicted octanol–water partition coefficient (Wildman–Crippen LogP) is 0.939. The Balaban J connectivity index is 1.51. The molecule has 2 saturated heterocycles. The summed E-state index contributed by atoms with van der Waals surface area (Å²) >= 11 is 0. The Morgan fingerprint density at radius 3 is 3.33 bits per heavy atom. The summed E-state index contributed by atoms with van der Waals surface area (Å²) in [5.41, 5.74) is 5.65. The molecule has 3 N–H and O–H groups in total. The van der Waals surface area contributed by atoms with Gasteiger partial charge in [-0.15, -0.1) is 0 Å². The number of hydrogen-bond acceptors (Lipinski definition) is 5. The topological polar surface area (TPSA) is 63.4 Å². The van der Waals surface area contributed by atoms with Crippen molar-refractivity contribution in [1.82, 2.24) is 9.88 Å². The minimum absolute atomic E-state index is 0.252. The Labute approximate surface area is 107 Å². The van der Waals surface area contributed by atoms with Gasteiger partial charge in [0, 0.05) is 19.1 Å². The van der Waals surface area contributed by atoms with Crippen LogP contribution in [0.3, 0.4) is 0 Å². The largest absolute Gasteiger partial charge is 0.384 e. The van der Waals surface area contributed by atoms with Crippen molar-refractivity contribution in [3.8, 4) is 0 Å². The van der Waals surface area contributed by atoms with Crippen molar-refractivity contribution >= 4 is 11.6 Å². The third-order valence-electron chi connectivity index (χ3n) is 3.74. The monoisotopic (exact) mass is 248 g/mol. The molecule has 98 valence electrons. The highest BCUT2D eigenvalue weighted by molar-refractivity contribution is 5.42. The molecule has 3 rings (SSSR count). The molecule has 0 amide bonds. The third kappa shape index (κ3) is 2.57. The molecule has 0 radical (unpaired) electrons. The fourth-order valence-electron chi connectivity index (χ4n) is 2.78. The summed E-state index contributed by atoms with van der Waals surface area (Å²) in [6, 6.07) is 6.28. The Morgan fingerprint density at radius 1 is 1.50 bits per heavy atom. The number of fused-ring (bicyclic) bond motifs is 1. The van der Waals surface area contributed by atoms with Gasteiger partial charge in [-0.1, -0.05) is 6.07 Å². The zero-order valence-electron chi connectivity index (χ0n) is 10.5. The molecule has 5 nitrogen and oxygen atoms in total. The highest BCUT2D eigenvalue weighted by Crippen LogP contribution is 2.22. The molecule has 2 aliphatic rings. The number of aromatic nitrogens is 1. The fraction of sp³-hybridized carbons (Fsp3) is 0.615. The number of pyridine rings is 1. The highest BCUT2D eigenvalue weighted by atomic mass is 16.5. The number of rotatable bonds is 3. The molecule has 0 aromatic carbocycles. The molecule has 2 unspecified atom stereocenters. The Kier molecular flexibility index (Phi) is 3.34. The lowest BCUT2D eigenvalue weighted by atomic mass is 10.2. The van der Waals surface area contributed by atoms with Crippen LogP contribution in [0, 0.1) is 0 Å².